The lowest BCUT2D eigenvalue weighted by Crippen LogP contribution is -2.30. The highest BCUT2D eigenvalue weighted by Gasteiger charge is 2.13. The Balaban J connectivity index is 1.59. The van der Waals surface area contributed by atoms with E-state index in [1.54, 1.807) is 6.20 Å². The lowest BCUT2D eigenvalue weighted by atomic mass is 10.1. The molecule has 0 bridgehead atoms. The molecule has 1 aromatic heterocycles. The maximum Gasteiger partial charge on any atom is 0.254 e. The fourth-order valence-corrected chi connectivity index (χ4v) is 2.78. The van der Waals surface area contributed by atoms with Crippen molar-refractivity contribution in [1.82, 2.24) is 10.3 Å². The number of piperidine rings is 1. The van der Waals surface area contributed by atoms with E-state index in [1.807, 2.05) is 12.1 Å². The first kappa shape index (κ1) is 16.4. The number of anilines is 1. The van der Waals surface area contributed by atoms with Gasteiger partial charge in [-0.1, -0.05) is 6.07 Å². The van der Waals surface area contributed by atoms with Gasteiger partial charge < -0.3 is 10.2 Å². The Bertz CT molecular complexity index is 713. The second-order valence-corrected chi connectivity index (χ2v) is 5.88. The van der Waals surface area contributed by atoms with E-state index in [0.717, 1.165) is 36.6 Å². The molecule has 0 unspecified atom stereocenters. The number of carbonyl (C=O) groups is 1. The highest BCUT2D eigenvalue weighted by molar-refractivity contribution is 5.94. The summed E-state index contributed by atoms with van der Waals surface area (Å²) in [4.78, 5) is 18.6. The summed E-state index contributed by atoms with van der Waals surface area (Å²) in [7, 11) is 0. The summed E-state index contributed by atoms with van der Waals surface area (Å²) in [6.45, 7) is 2.28. The quantitative estimate of drug-likeness (QED) is 0.935. The molecular formula is C18H19F2N3O. The van der Waals surface area contributed by atoms with Gasteiger partial charge in [-0.15, -0.1) is 0 Å². The van der Waals surface area contributed by atoms with E-state index in [9.17, 15) is 13.6 Å². The van der Waals surface area contributed by atoms with Crippen molar-refractivity contribution in [2.24, 2.45) is 0 Å². The summed E-state index contributed by atoms with van der Waals surface area (Å²) >= 11 is 0. The van der Waals surface area contributed by atoms with E-state index in [0.29, 0.717) is 6.07 Å². The van der Waals surface area contributed by atoms with Gasteiger partial charge in [0.2, 0.25) is 0 Å². The maximum atomic E-state index is 13.6. The van der Waals surface area contributed by atoms with E-state index in [4.69, 9.17) is 0 Å². The second kappa shape index (κ2) is 7.38. The van der Waals surface area contributed by atoms with Gasteiger partial charge in [0.25, 0.3) is 5.91 Å². The van der Waals surface area contributed by atoms with Crippen LogP contribution in [-0.2, 0) is 6.54 Å². The van der Waals surface area contributed by atoms with Crippen LogP contribution in [-0.4, -0.2) is 24.0 Å². The lowest BCUT2D eigenvalue weighted by molar-refractivity contribution is 0.0947. The van der Waals surface area contributed by atoms with Crippen LogP contribution in [0.25, 0.3) is 0 Å². The molecule has 2 aromatic rings. The molecule has 1 aromatic carbocycles. The molecule has 0 atom stereocenters. The number of nitrogens with zero attached hydrogens (tertiary/aromatic N) is 2. The van der Waals surface area contributed by atoms with E-state index in [1.165, 1.54) is 19.3 Å². The molecule has 1 aliphatic rings. The average molecular weight is 331 g/mol. The zero-order valence-electron chi connectivity index (χ0n) is 13.3. The van der Waals surface area contributed by atoms with Gasteiger partial charge in [0.15, 0.2) is 0 Å². The average Bonchev–Trinajstić information content (AvgIpc) is 2.61. The van der Waals surface area contributed by atoms with Crippen LogP contribution in [0.2, 0.25) is 0 Å². The first-order valence-corrected chi connectivity index (χ1v) is 8.06. The van der Waals surface area contributed by atoms with Crippen molar-refractivity contribution in [2.75, 3.05) is 18.0 Å². The largest absolute Gasteiger partial charge is 0.357 e. The van der Waals surface area contributed by atoms with Crippen LogP contribution in [0, 0.1) is 11.6 Å². The Labute approximate surface area is 139 Å². The van der Waals surface area contributed by atoms with E-state index in [-0.39, 0.29) is 12.1 Å². The van der Waals surface area contributed by atoms with Crippen LogP contribution in [0.4, 0.5) is 14.6 Å². The van der Waals surface area contributed by atoms with Crippen LogP contribution in [0.1, 0.15) is 35.2 Å². The number of pyridine rings is 1. The molecule has 24 heavy (non-hydrogen) atoms. The Kier molecular flexibility index (Phi) is 5.03. The van der Waals surface area contributed by atoms with Gasteiger partial charge in [-0.3, -0.25) is 4.79 Å². The number of nitrogens with one attached hydrogen (secondary N) is 1. The third kappa shape index (κ3) is 3.88. The van der Waals surface area contributed by atoms with Crippen molar-refractivity contribution < 1.29 is 13.6 Å². The Hall–Kier alpha value is -2.50. The summed E-state index contributed by atoms with van der Waals surface area (Å²) < 4.78 is 26.4. The first-order valence-electron chi connectivity index (χ1n) is 8.06. The molecule has 1 N–H and O–H groups in total. The summed E-state index contributed by atoms with van der Waals surface area (Å²) in [6, 6.07) is 6.73. The number of rotatable bonds is 4. The molecule has 0 aliphatic carbocycles. The number of hydrogen-bond acceptors (Lipinski definition) is 3. The van der Waals surface area contributed by atoms with Crippen molar-refractivity contribution in [3.05, 3.63) is 59.3 Å². The van der Waals surface area contributed by atoms with Crippen molar-refractivity contribution in [3.8, 4) is 0 Å². The first-order chi connectivity index (χ1) is 11.6. The van der Waals surface area contributed by atoms with Gasteiger partial charge >= 0.3 is 0 Å². The standard InChI is InChI=1S/C18H19F2N3O/c19-14-5-6-15(16(20)10-14)18(24)22-12-13-4-7-17(21-11-13)23-8-2-1-3-9-23/h4-7,10-11H,1-3,8-9,12H2,(H,22,24). The van der Waals surface area contributed by atoms with Crippen LogP contribution in [0.3, 0.4) is 0 Å². The monoisotopic (exact) mass is 331 g/mol. The number of halogens is 2. The molecule has 2 heterocycles. The van der Waals surface area contributed by atoms with Crippen LogP contribution in [0.5, 0.6) is 0 Å². The summed E-state index contributed by atoms with van der Waals surface area (Å²) in [5.74, 6) is -1.21. The van der Waals surface area contributed by atoms with Crippen LogP contribution < -0.4 is 10.2 Å². The summed E-state index contributed by atoms with van der Waals surface area (Å²) in [5, 5.41) is 2.62. The van der Waals surface area contributed by atoms with Gasteiger partial charge in [-0.25, -0.2) is 13.8 Å². The third-order valence-electron chi connectivity index (χ3n) is 4.12. The molecule has 0 radical (unpaired) electrons. The van der Waals surface area contributed by atoms with Crippen LogP contribution >= 0.6 is 0 Å². The lowest BCUT2D eigenvalue weighted by Gasteiger charge is -2.27. The van der Waals surface area contributed by atoms with Gasteiger partial charge in [-0.05, 0) is 43.0 Å². The van der Waals surface area contributed by atoms with E-state index >= 15 is 0 Å². The molecule has 4 nitrogen and oxygen atoms in total. The molecule has 1 amide bonds. The predicted molar refractivity (Wildman–Crippen MR) is 87.8 cm³/mol. The topological polar surface area (TPSA) is 45.2 Å². The molecule has 3 rings (SSSR count). The minimum atomic E-state index is -0.869. The van der Waals surface area contributed by atoms with Crippen molar-refractivity contribution in [1.29, 1.82) is 0 Å². The summed E-state index contributed by atoms with van der Waals surface area (Å²) in [6.07, 6.45) is 5.34. The van der Waals surface area contributed by atoms with Crippen molar-refractivity contribution in [2.45, 2.75) is 25.8 Å². The Morgan fingerprint density at radius 3 is 2.58 bits per heavy atom. The Morgan fingerprint density at radius 2 is 1.92 bits per heavy atom. The number of benzene rings is 1. The predicted octanol–water partition coefficient (Wildman–Crippen LogP) is 3.28. The van der Waals surface area contributed by atoms with E-state index in [2.05, 4.69) is 15.2 Å². The maximum absolute atomic E-state index is 13.6. The number of aromatic nitrogens is 1. The number of carbonyl (C=O) groups excluding carboxylic acids is 1. The molecule has 126 valence electrons. The van der Waals surface area contributed by atoms with Crippen molar-refractivity contribution in [3.63, 3.8) is 0 Å². The van der Waals surface area contributed by atoms with Crippen LogP contribution in [0.15, 0.2) is 36.5 Å². The fraction of sp³-hybridized carbons (Fsp3) is 0.333. The van der Waals surface area contributed by atoms with Gasteiger partial charge in [0.1, 0.15) is 17.5 Å². The molecule has 1 aliphatic heterocycles. The molecule has 6 heteroatoms. The smallest absolute Gasteiger partial charge is 0.254 e. The third-order valence-corrected chi connectivity index (χ3v) is 4.12. The SMILES string of the molecule is O=C(NCc1ccc(N2CCCCC2)nc1)c1ccc(F)cc1F. The summed E-state index contributed by atoms with van der Waals surface area (Å²) in [5.41, 5.74) is 0.654. The number of amides is 1. The molecule has 1 fully saturated rings. The highest BCUT2D eigenvalue weighted by atomic mass is 19.1. The Morgan fingerprint density at radius 1 is 1.12 bits per heavy atom. The normalized spacial score (nSPS) is 14.5. The van der Waals surface area contributed by atoms with E-state index < -0.39 is 17.5 Å². The van der Waals surface area contributed by atoms with Gasteiger partial charge in [0, 0.05) is 31.9 Å². The van der Waals surface area contributed by atoms with Crippen molar-refractivity contribution >= 4 is 11.7 Å². The zero-order chi connectivity index (χ0) is 16.9. The highest BCUT2D eigenvalue weighted by Crippen LogP contribution is 2.17. The number of hydrogen-bond donors (Lipinski definition) is 1. The molecule has 0 spiro atoms. The minimum absolute atomic E-state index is 0.172. The van der Waals surface area contributed by atoms with Gasteiger partial charge in [0.05, 0.1) is 5.56 Å². The fourth-order valence-electron chi connectivity index (χ4n) is 2.78. The second-order valence-electron chi connectivity index (χ2n) is 5.88. The molecule has 0 saturated carbocycles. The molecular weight excluding hydrogens is 312 g/mol. The zero-order valence-corrected chi connectivity index (χ0v) is 13.3. The van der Waals surface area contributed by atoms with Gasteiger partial charge in [-0.2, -0.15) is 0 Å². The minimum Gasteiger partial charge on any atom is -0.357 e. The molecule has 1 saturated heterocycles.